The molecule has 0 saturated carbocycles. The number of hydrogen-bond donors (Lipinski definition) is 2. The number of aryl methyl sites for hydroxylation is 2. The minimum absolute atomic E-state index is 0.0398. The lowest BCUT2D eigenvalue weighted by Gasteiger charge is -2.22. The van der Waals surface area contributed by atoms with Gasteiger partial charge in [-0.3, -0.25) is 0 Å². The van der Waals surface area contributed by atoms with E-state index in [1.165, 1.54) is 23.3 Å². The van der Waals surface area contributed by atoms with E-state index < -0.39 is 0 Å². The number of nitrogens with zero attached hydrogens (tertiary/aromatic N) is 5. The second-order valence-corrected chi connectivity index (χ2v) is 7.97. The van der Waals surface area contributed by atoms with Crippen LogP contribution in [0.1, 0.15) is 23.3 Å². The highest BCUT2D eigenvalue weighted by Gasteiger charge is 2.25. The SMILES string of the molecule is OCCN(CCO)c1nc2sc3c(c2c2nc(-c4ccco4)nn12)CCCC3. The van der Waals surface area contributed by atoms with Crippen LogP contribution < -0.4 is 4.90 Å². The molecular weight excluding hydrogens is 378 g/mol. The molecule has 0 amide bonds. The van der Waals surface area contributed by atoms with E-state index in [-0.39, 0.29) is 13.2 Å². The van der Waals surface area contributed by atoms with Crippen molar-refractivity contribution in [3.05, 3.63) is 28.8 Å². The first kappa shape index (κ1) is 17.6. The summed E-state index contributed by atoms with van der Waals surface area (Å²) in [6.45, 7) is 0.633. The van der Waals surface area contributed by atoms with Crippen LogP contribution in [0.2, 0.25) is 0 Å². The van der Waals surface area contributed by atoms with E-state index in [0.717, 1.165) is 28.7 Å². The Morgan fingerprint density at radius 1 is 1.14 bits per heavy atom. The van der Waals surface area contributed by atoms with Gasteiger partial charge in [0.15, 0.2) is 11.4 Å². The monoisotopic (exact) mass is 399 g/mol. The van der Waals surface area contributed by atoms with Gasteiger partial charge in [-0.25, -0.2) is 9.97 Å². The first-order valence-electron chi connectivity index (χ1n) is 9.51. The van der Waals surface area contributed by atoms with Crippen LogP contribution in [-0.2, 0) is 12.8 Å². The van der Waals surface area contributed by atoms with Crippen LogP contribution in [0.15, 0.2) is 22.8 Å². The minimum Gasteiger partial charge on any atom is -0.461 e. The molecule has 4 aromatic rings. The van der Waals surface area contributed by atoms with Crippen LogP contribution in [-0.4, -0.2) is 56.1 Å². The van der Waals surface area contributed by atoms with Crippen molar-refractivity contribution in [2.75, 3.05) is 31.2 Å². The molecule has 4 heterocycles. The number of rotatable bonds is 6. The molecule has 0 aromatic carbocycles. The Bertz CT molecular complexity index is 1110. The number of aliphatic hydroxyl groups excluding tert-OH is 2. The Balaban J connectivity index is 1.80. The summed E-state index contributed by atoms with van der Waals surface area (Å²) in [6, 6.07) is 3.65. The Kier molecular flexibility index (Phi) is 4.50. The quantitative estimate of drug-likeness (QED) is 0.513. The van der Waals surface area contributed by atoms with Gasteiger partial charge >= 0.3 is 0 Å². The zero-order chi connectivity index (χ0) is 19.1. The molecule has 146 valence electrons. The minimum atomic E-state index is -0.0398. The Morgan fingerprint density at radius 2 is 1.96 bits per heavy atom. The zero-order valence-electron chi connectivity index (χ0n) is 15.3. The second-order valence-electron chi connectivity index (χ2n) is 6.89. The van der Waals surface area contributed by atoms with Crippen molar-refractivity contribution in [1.82, 2.24) is 19.6 Å². The van der Waals surface area contributed by atoms with E-state index in [2.05, 4.69) is 5.10 Å². The zero-order valence-corrected chi connectivity index (χ0v) is 16.2. The van der Waals surface area contributed by atoms with E-state index >= 15 is 0 Å². The lowest BCUT2D eigenvalue weighted by molar-refractivity contribution is 0.280. The van der Waals surface area contributed by atoms with Crippen LogP contribution in [0.3, 0.4) is 0 Å². The summed E-state index contributed by atoms with van der Waals surface area (Å²) in [5, 5.41) is 24.7. The maximum atomic E-state index is 9.49. The molecule has 0 saturated heterocycles. The topological polar surface area (TPSA) is 99.9 Å². The van der Waals surface area contributed by atoms with E-state index in [1.807, 2.05) is 17.0 Å². The van der Waals surface area contributed by atoms with Gasteiger partial charge in [-0.2, -0.15) is 4.52 Å². The van der Waals surface area contributed by atoms with Crippen molar-refractivity contribution in [1.29, 1.82) is 0 Å². The molecule has 0 bridgehead atoms. The lowest BCUT2D eigenvalue weighted by Crippen LogP contribution is -2.32. The standard InChI is InChI=1S/C19H21N5O3S/c25-9-7-23(8-10-26)19-21-18-15(12-4-1-2-6-14(12)28-18)17-20-16(22-24(17)19)13-5-3-11-27-13/h3,5,11,25-26H,1-2,4,6-10H2. The molecule has 0 radical (unpaired) electrons. The third-order valence-electron chi connectivity index (χ3n) is 5.14. The van der Waals surface area contributed by atoms with Crippen LogP contribution in [0.25, 0.3) is 27.4 Å². The summed E-state index contributed by atoms with van der Waals surface area (Å²) in [4.78, 5) is 13.9. The Morgan fingerprint density at radius 3 is 2.71 bits per heavy atom. The van der Waals surface area contributed by atoms with Gasteiger partial charge in [0.05, 0.1) is 24.9 Å². The van der Waals surface area contributed by atoms with Gasteiger partial charge in [-0.05, 0) is 43.4 Å². The Hall–Kier alpha value is -2.49. The van der Waals surface area contributed by atoms with Gasteiger partial charge in [0.25, 0.3) is 0 Å². The summed E-state index contributed by atoms with van der Waals surface area (Å²) in [5.41, 5.74) is 2.09. The third kappa shape index (κ3) is 2.78. The van der Waals surface area contributed by atoms with Crippen LogP contribution in [0.5, 0.6) is 0 Å². The Labute approximate surface area is 165 Å². The number of aromatic nitrogens is 4. The fourth-order valence-electron chi connectivity index (χ4n) is 3.88. The fraction of sp³-hybridized carbons (Fsp3) is 0.421. The van der Waals surface area contributed by atoms with Gasteiger partial charge in [0.1, 0.15) is 4.83 Å². The van der Waals surface area contributed by atoms with E-state index in [4.69, 9.17) is 14.4 Å². The molecule has 0 unspecified atom stereocenters. The van der Waals surface area contributed by atoms with E-state index in [0.29, 0.717) is 30.6 Å². The third-order valence-corrected chi connectivity index (χ3v) is 6.32. The molecule has 0 spiro atoms. The highest BCUT2D eigenvalue weighted by atomic mass is 32.1. The number of hydrogen-bond acceptors (Lipinski definition) is 8. The summed E-state index contributed by atoms with van der Waals surface area (Å²) in [7, 11) is 0. The van der Waals surface area contributed by atoms with Crippen LogP contribution in [0, 0.1) is 0 Å². The maximum absolute atomic E-state index is 9.49. The van der Waals surface area contributed by atoms with Crippen LogP contribution >= 0.6 is 11.3 Å². The highest BCUT2D eigenvalue weighted by molar-refractivity contribution is 7.19. The molecule has 0 atom stereocenters. The lowest BCUT2D eigenvalue weighted by atomic mass is 9.97. The maximum Gasteiger partial charge on any atom is 0.230 e. The molecule has 0 aliphatic heterocycles. The van der Waals surface area contributed by atoms with Crippen molar-refractivity contribution in [2.24, 2.45) is 0 Å². The molecule has 5 rings (SSSR count). The molecule has 9 heteroatoms. The van der Waals surface area contributed by atoms with Gasteiger partial charge in [-0.15, -0.1) is 16.4 Å². The van der Waals surface area contributed by atoms with E-state index in [1.54, 1.807) is 22.1 Å². The molecule has 2 N–H and O–H groups in total. The molecular formula is C19H21N5O3S. The summed E-state index contributed by atoms with van der Waals surface area (Å²) in [6.07, 6.45) is 6.09. The first-order chi connectivity index (χ1) is 13.8. The predicted octanol–water partition coefficient (Wildman–Crippen LogP) is 2.27. The number of thiophene rings is 1. The van der Waals surface area contributed by atoms with Crippen LogP contribution in [0.4, 0.5) is 5.95 Å². The van der Waals surface area contributed by atoms with Crippen molar-refractivity contribution < 1.29 is 14.6 Å². The predicted molar refractivity (Wildman–Crippen MR) is 107 cm³/mol. The molecule has 1 aliphatic carbocycles. The highest BCUT2D eigenvalue weighted by Crippen LogP contribution is 2.39. The molecule has 28 heavy (non-hydrogen) atoms. The first-order valence-corrected chi connectivity index (χ1v) is 10.3. The fourth-order valence-corrected chi connectivity index (χ4v) is 5.13. The smallest absolute Gasteiger partial charge is 0.230 e. The van der Waals surface area contributed by atoms with Crippen molar-refractivity contribution >= 4 is 33.1 Å². The second kappa shape index (κ2) is 7.16. The summed E-state index contributed by atoms with van der Waals surface area (Å²) >= 11 is 1.72. The number of furan rings is 1. The molecule has 1 aliphatic rings. The molecule has 0 fully saturated rings. The summed E-state index contributed by atoms with van der Waals surface area (Å²) in [5.74, 6) is 1.68. The molecule has 8 nitrogen and oxygen atoms in total. The van der Waals surface area contributed by atoms with Crippen molar-refractivity contribution in [3.8, 4) is 11.6 Å². The van der Waals surface area contributed by atoms with Gasteiger partial charge < -0.3 is 19.5 Å². The largest absolute Gasteiger partial charge is 0.461 e. The average Bonchev–Trinajstić information content (AvgIpc) is 3.43. The van der Waals surface area contributed by atoms with Crippen molar-refractivity contribution in [3.63, 3.8) is 0 Å². The van der Waals surface area contributed by atoms with Crippen molar-refractivity contribution in [2.45, 2.75) is 25.7 Å². The normalized spacial score (nSPS) is 14.1. The van der Waals surface area contributed by atoms with Gasteiger partial charge in [0.2, 0.25) is 11.8 Å². The van der Waals surface area contributed by atoms with E-state index in [9.17, 15) is 10.2 Å². The van der Waals surface area contributed by atoms with Gasteiger partial charge in [-0.1, -0.05) is 0 Å². The number of aliphatic hydroxyl groups is 2. The average molecular weight is 399 g/mol. The number of fused-ring (bicyclic) bond motifs is 5. The molecule has 4 aromatic heterocycles. The summed E-state index contributed by atoms with van der Waals surface area (Å²) < 4.78 is 7.23. The number of anilines is 1. The van der Waals surface area contributed by atoms with Gasteiger partial charge in [0, 0.05) is 18.0 Å².